The first-order valence-electron chi connectivity index (χ1n) is 6.63. The lowest BCUT2D eigenvalue weighted by Gasteiger charge is -2.05. The summed E-state index contributed by atoms with van der Waals surface area (Å²) in [5.74, 6) is 0.681. The van der Waals surface area contributed by atoms with Crippen molar-refractivity contribution >= 4 is 49.4 Å². The molecule has 0 saturated heterocycles. The van der Waals surface area contributed by atoms with Crippen LogP contribution in [0.2, 0.25) is 0 Å². The summed E-state index contributed by atoms with van der Waals surface area (Å²) in [5, 5.41) is 4.42. The molecule has 2 aromatic rings. The zero-order valence-corrected chi connectivity index (χ0v) is 15.9. The lowest BCUT2D eigenvalue weighted by molar-refractivity contribution is -0.116. The summed E-state index contributed by atoms with van der Waals surface area (Å²) in [5.41, 5.74) is 1.90. The minimum Gasteiger partial charge on any atom is -0.298 e. The number of ketones is 1. The zero-order chi connectivity index (χ0) is 15.4. The molecule has 112 valence electrons. The van der Waals surface area contributed by atoms with Crippen molar-refractivity contribution in [2.24, 2.45) is 0 Å². The van der Waals surface area contributed by atoms with E-state index in [2.05, 4.69) is 37.0 Å². The predicted octanol–water partition coefficient (Wildman–Crippen LogP) is 4.64. The molecule has 6 heteroatoms. The number of benzene rings is 1. The molecular weight excluding hydrogens is 416 g/mol. The Bertz CT molecular complexity index is 638. The fourth-order valence-corrected chi connectivity index (χ4v) is 3.42. The van der Waals surface area contributed by atoms with Crippen LogP contribution < -0.4 is 0 Å². The second-order valence-corrected chi connectivity index (χ2v) is 7.38. The molecule has 1 aromatic heterocycles. The van der Waals surface area contributed by atoms with Crippen molar-refractivity contribution in [1.82, 2.24) is 9.78 Å². The fourth-order valence-electron chi connectivity index (χ4n) is 1.97. The highest BCUT2D eigenvalue weighted by atomic mass is 79.9. The molecular formula is C15H16Br2N2OS. The van der Waals surface area contributed by atoms with Gasteiger partial charge in [0.2, 0.25) is 0 Å². The summed E-state index contributed by atoms with van der Waals surface area (Å²) in [7, 11) is 0. The van der Waals surface area contributed by atoms with Crippen molar-refractivity contribution in [3.8, 4) is 0 Å². The number of hydrogen-bond acceptors (Lipinski definition) is 3. The largest absolute Gasteiger partial charge is 0.298 e. The first-order chi connectivity index (χ1) is 10.0. The highest BCUT2D eigenvalue weighted by molar-refractivity contribution is 9.10. The SMILES string of the molecule is CCn1nc(C)c(Br)c1CC(=O)CSc1ccc(Br)cc1. The Balaban J connectivity index is 1.97. The number of Topliss-reactive ketones (excluding diaryl/α,β-unsaturated/α-hetero) is 1. The van der Waals surface area contributed by atoms with E-state index in [0.717, 1.165) is 31.8 Å². The highest BCUT2D eigenvalue weighted by Crippen LogP contribution is 2.24. The molecule has 21 heavy (non-hydrogen) atoms. The van der Waals surface area contributed by atoms with Crippen molar-refractivity contribution in [1.29, 1.82) is 0 Å². The number of carbonyl (C=O) groups excluding carboxylic acids is 1. The van der Waals surface area contributed by atoms with Gasteiger partial charge in [0.1, 0.15) is 5.78 Å². The summed E-state index contributed by atoms with van der Waals surface area (Å²) >= 11 is 8.50. The molecule has 0 bridgehead atoms. The van der Waals surface area contributed by atoms with Gasteiger partial charge in [-0.05, 0) is 54.0 Å². The van der Waals surface area contributed by atoms with E-state index in [4.69, 9.17) is 0 Å². The molecule has 1 heterocycles. The lowest BCUT2D eigenvalue weighted by atomic mass is 10.2. The number of aromatic nitrogens is 2. The van der Waals surface area contributed by atoms with Gasteiger partial charge < -0.3 is 0 Å². The fraction of sp³-hybridized carbons (Fsp3) is 0.333. The van der Waals surface area contributed by atoms with E-state index in [-0.39, 0.29) is 5.78 Å². The van der Waals surface area contributed by atoms with Crippen LogP contribution in [0, 0.1) is 6.92 Å². The van der Waals surface area contributed by atoms with E-state index in [1.165, 1.54) is 0 Å². The molecule has 3 nitrogen and oxygen atoms in total. The number of rotatable bonds is 6. The Hall–Kier alpha value is -0.590. The van der Waals surface area contributed by atoms with Gasteiger partial charge >= 0.3 is 0 Å². The van der Waals surface area contributed by atoms with E-state index in [1.54, 1.807) is 11.8 Å². The monoisotopic (exact) mass is 430 g/mol. The number of aryl methyl sites for hydroxylation is 2. The molecule has 0 aliphatic rings. The van der Waals surface area contributed by atoms with Crippen molar-refractivity contribution < 1.29 is 4.79 Å². The van der Waals surface area contributed by atoms with Gasteiger partial charge in [-0.1, -0.05) is 15.9 Å². The number of carbonyl (C=O) groups is 1. The molecule has 2 rings (SSSR count). The van der Waals surface area contributed by atoms with Gasteiger partial charge in [0.25, 0.3) is 0 Å². The Kier molecular flexibility index (Phi) is 6.08. The molecule has 0 atom stereocenters. The average molecular weight is 432 g/mol. The molecule has 0 amide bonds. The Morgan fingerprint density at radius 1 is 1.29 bits per heavy atom. The van der Waals surface area contributed by atoms with Gasteiger partial charge in [-0.2, -0.15) is 5.10 Å². The van der Waals surface area contributed by atoms with E-state index >= 15 is 0 Å². The summed E-state index contributed by atoms with van der Waals surface area (Å²) in [6.45, 7) is 4.75. The Morgan fingerprint density at radius 3 is 2.57 bits per heavy atom. The highest BCUT2D eigenvalue weighted by Gasteiger charge is 2.15. The second kappa shape index (κ2) is 7.61. The normalized spacial score (nSPS) is 10.9. The minimum atomic E-state index is 0.207. The quantitative estimate of drug-likeness (QED) is 0.624. The number of hydrogen-bond donors (Lipinski definition) is 0. The van der Waals surface area contributed by atoms with Crippen LogP contribution >= 0.6 is 43.6 Å². The molecule has 0 unspecified atom stereocenters. The molecule has 0 N–H and O–H groups in total. The number of halogens is 2. The molecule has 0 fully saturated rings. The van der Waals surface area contributed by atoms with Crippen LogP contribution in [0.15, 0.2) is 38.1 Å². The Morgan fingerprint density at radius 2 is 1.95 bits per heavy atom. The molecule has 0 spiro atoms. The molecule has 0 aliphatic heterocycles. The van der Waals surface area contributed by atoms with Gasteiger partial charge in [0.15, 0.2) is 0 Å². The van der Waals surface area contributed by atoms with Crippen LogP contribution in [0.5, 0.6) is 0 Å². The van der Waals surface area contributed by atoms with E-state index in [9.17, 15) is 4.79 Å². The Labute approximate surface area is 145 Å². The van der Waals surface area contributed by atoms with Crippen LogP contribution in [0.1, 0.15) is 18.3 Å². The van der Waals surface area contributed by atoms with Crippen LogP contribution in [0.3, 0.4) is 0 Å². The third-order valence-electron chi connectivity index (χ3n) is 3.03. The predicted molar refractivity (Wildman–Crippen MR) is 93.9 cm³/mol. The molecule has 0 aliphatic carbocycles. The topological polar surface area (TPSA) is 34.9 Å². The van der Waals surface area contributed by atoms with Gasteiger partial charge in [0.05, 0.1) is 28.0 Å². The van der Waals surface area contributed by atoms with Gasteiger partial charge in [0, 0.05) is 15.9 Å². The van der Waals surface area contributed by atoms with Crippen molar-refractivity contribution in [2.45, 2.75) is 31.7 Å². The van der Waals surface area contributed by atoms with E-state index in [0.29, 0.717) is 12.2 Å². The summed E-state index contributed by atoms with van der Waals surface area (Å²) in [4.78, 5) is 13.3. The number of nitrogens with zero attached hydrogens (tertiary/aromatic N) is 2. The first-order valence-corrected chi connectivity index (χ1v) is 9.20. The first kappa shape index (κ1) is 16.8. The van der Waals surface area contributed by atoms with Gasteiger partial charge in [-0.25, -0.2) is 0 Å². The third-order valence-corrected chi connectivity index (χ3v) is 5.66. The number of thioether (sulfide) groups is 1. The minimum absolute atomic E-state index is 0.207. The van der Waals surface area contributed by atoms with Crippen molar-refractivity contribution in [3.63, 3.8) is 0 Å². The molecule has 0 radical (unpaired) electrons. The van der Waals surface area contributed by atoms with Gasteiger partial charge in [-0.15, -0.1) is 11.8 Å². The molecule has 1 aromatic carbocycles. The maximum Gasteiger partial charge on any atom is 0.149 e. The standard InChI is InChI=1S/C15H16Br2N2OS/c1-3-19-14(15(17)10(2)18-19)8-12(20)9-21-13-6-4-11(16)5-7-13/h4-7H,3,8-9H2,1-2H3. The van der Waals surface area contributed by atoms with Crippen LogP contribution in [0.4, 0.5) is 0 Å². The lowest BCUT2D eigenvalue weighted by Crippen LogP contribution is -2.11. The summed E-state index contributed by atoms with van der Waals surface area (Å²) < 4.78 is 3.89. The maximum absolute atomic E-state index is 12.2. The summed E-state index contributed by atoms with van der Waals surface area (Å²) in [6, 6.07) is 7.99. The second-order valence-electron chi connectivity index (χ2n) is 4.62. The average Bonchev–Trinajstić information content (AvgIpc) is 2.74. The van der Waals surface area contributed by atoms with Crippen LogP contribution in [-0.2, 0) is 17.8 Å². The third kappa shape index (κ3) is 4.44. The van der Waals surface area contributed by atoms with E-state index < -0.39 is 0 Å². The van der Waals surface area contributed by atoms with Gasteiger partial charge in [-0.3, -0.25) is 9.48 Å². The van der Waals surface area contributed by atoms with Crippen LogP contribution in [0.25, 0.3) is 0 Å². The van der Waals surface area contributed by atoms with Crippen molar-refractivity contribution in [2.75, 3.05) is 5.75 Å². The maximum atomic E-state index is 12.2. The van der Waals surface area contributed by atoms with Crippen LogP contribution in [-0.4, -0.2) is 21.3 Å². The summed E-state index contributed by atoms with van der Waals surface area (Å²) in [6.07, 6.45) is 0.415. The van der Waals surface area contributed by atoms with E-state index in [1.807, 2.05) is 42.8 Å². The smallest absolute Gasteiger partial charge is 0.149 e. The van der Waals surface area contributed by atoms with Crippen molar-refractivity contribution in [3.05, 3.63) is 44.6 Å². The molecule has 0 saturated carbocycles. The zero-order valence-electron chi connectivity index (χ0n) is 11.9.